The first-order valence-electron chi connectivity index (χ1n) is 12.2. The van der Waals surface area contributed by atoms with Gasteiger partial charge in [-0.05, 0) is 69.5 Å². The molecule has 1 aliphatic heterocycles. The molecule has 1 heterocycles. The molecule has 0 radical (unpaired) electrons. The lowest BCUT2D eigenvalue weighted by Gasteiger charge is -2.43. The number of piperidine rings is 1. The SMILES string of the molecule is C/C=C/CN1CC[C@H](N(c2ccc(C(=O)N(CC)CC)cc2)c2cccc(OC)c2)[C@H](C)C1. The standard InChI is InChI=1S/C28H39N3O2/c1-6-9-18-29-19-17-27(22(4)21-29)31(25-11-10-12-26(20-25)33-5)24-15-13-23(14-16-24)28(32)30(7-2)8-3/h6,9-16,20,22,27H,7-8,17-19,21H2,1-5H3/b9-6+/t22-,27+/m1/s1. The number of anilines is 2. The summed E-state index contributed by atoms with van der Waals surface area (Å²) in [5, 5.41) is 0. The number of methoxy groups -OCH3 is 1. The summed E-state index contributed by atoms with van der Waals surface area (Å²) in [6.07, 6.45) is 5.44. The fraction of sp³-hybridized carbons (Fsp3) is 0.464. The minimum atomic E-state index is 0.0881. The number of carbonyl (C=O) groups excluding carboxylic acids is 1. The number of likely N-dealkylation sites (tertiary alicyclic amines) is 1. The van der Waals surface area contributed by atoms with Crippen molar-refractivity contribution >= 4 is 17.3 Å². The van der Waals surface area contributed by atoms with Crippen LogP contribution in [-0.2, 0) is 0 Å². The topological polar surface area (TPSA) is 36.0 Å². The molecule has 0 bridgehead atoms. The van der Waals surface area contributed by atoms with Crippen LogP contribution in [0.4, 0.5) is 11.4 Å². The highest BCUT2D eigenvalue weighted by atomic mass is 16.5. The third-order valence-electron chi connectivity index (χ3n) is 6.65. The summed E-state index contributed by atoms with van der Waals surface area (Å²) in [6.45, 7) is 13.0. The molecule has 1 aliphatic rings. The molecule has 0 spiro atoms. The summed E-state index contributed by atoms with van der Waals surface area (Å²) in [4.78, 5) is 19.6. The van der Waals surface area contributed by atoms with Crippen LogP contribution in [0, 0.1) is 5.92 Å². The second kappa shape index (κ2) is 11.9. The van der Waals surface area contributed by atoms with E-state index < -0.39 is 0 Å². The first-order chi connectivity index (χ1) is 16.0. The molecular formula is C28H39N3O2. The summed E-state index contributed by atoms with van der Waals surface area (Å²) in [6, 6.07) is 16.8. The van der Waals surface area contributed by atoms with E-state index in [2.05, 4.69) is 60.1 Å². The molecule has 3 rings (SSSR count). The van der Waals surface area contributed by atoms with Crippen molar-refractivity contribution < 1.29 is 9.53 Å². The Morgan fingerprint density at radius 2 is 1.85 bits per heavy atom. The monoisotopic (exact) mass is 449 g/mol. The molecule has 0 saturated carbocycles. The zero-order valence-electron chi connectivity index (χ0n) is 20.8. The highest BCUT2D eigenvalue weighted by molar-refractivity contribution is 5.94. The van der Waals surface area contributed by atoms with Crippen LogP contribution >= 0.6 is 0 Å². The van der Waals surface area contributed by atoms with Gasteiger partial charge < -0.3 is 14.5 Å². The predicted molar refractivity (Wildman–Crippen MR) is 138 cm³/mol. The largest absolute Gasteiger partial charge is 0.497 e. The van der Waals surface area contributed by atoms with E-state index >= 15 is 0 Å². The molecule has 0 aliphatic carbocycles. The van der Waals surface area contributed by atoms with Gasteiger partial charge in [0.1, 0.15) is 5.75 Å². The molecule has 0 unspecified atom stereocenters. The number of hydrogen-bond donors (Lipinski definition) is 0. The Balaban J connectivity index is 1.92. The molecule has 5 heteroatoms. The van der Waals surface area contributed by atoms with Crippen LogP contribution < -0.4 is 9.64 Å². The molecule has 2 aromatic carbocycles. The van der Waals surface area contributed by atoms with E-state index in [0.717, 1.165) is 61.8 Å². The quantitative estimate of drug-likeness (QED) is 0.467. The highest BCUT2D eigenvalue weighted by Gasteiger charge is 2.31. The number of rotatable bonds is 9. The van der Waals surface area contributed by atoms with E-state index in [1.807, 2.05) is 43.0 Å². The average molecular weight is 450 g/mol. The van der Waals surface area contributed by atoms with E-state index in [1.54, 1.807) is 7.11 Å². The van der Waals surface area contributed by atoms with Crippen molar-refractivity contribution in [2.24, 2.45) is 5.92 Å². The minimum Gasteiger partial charge on any atom is -0.497 e. The first kappa shape index (κ1) is 24.8. The number of benzene rings is 2. The fourth-order valence-electron chi connectivity index (χ4n) is 4.77. The molecule has 5 nitrogen and oxygen atoms in total. The highest BCUT2D eigenvalue weighted by Crippen LogP contribution is 2.36. The van der Waals surface area contributed by atoms with Gasteiger partial charge in [-0.1, -0.05) is 25.1 Å². The third kappa shape index (κ3) is 5.97. The Bertz CT molecular complexity index is 921. The lowest BCUT2D eigenvalue weighted by molar-refractivity contribution is 0.0773. The molecule has 1 fully saturated rings. The smallest absolute Gasteiger partial charge is 0.253 e. The van der Waals surface area contributed by atoms with Gasteiger partial charge >= 0.3 is 0 Å². The van der Waals surface area contributed by atoms with Crippen LogP contribution in [0.1, 0.15) is 44.5 Å². The van der Waals surface area contributed by atoms with Crippen molar-refractivity contribution in [2.75, 3.05) is 44.7 Å². The maximum atomic E-state index is 12.8. The van der Waals surface area contributed by atoms with Crippen molar-refractivity contribution in [1.29, 1.82) is 0 Å². The molecule has 2 aromatic rings. The van der Waals surface area contributed by atoms with E-state index in [0.29, 0.717) is 12.0 Å². The van der Waals surface area contributed by atoms with Crippen molar-refractivity contribution in [3.63, 3.8) is 0 Å². The zero-order chi connectivity index (χ0) is 23.8. The van der Waals surface area contributed by atoms with Gasteiger partial charge in [-0.15, -0.1) is 0 Å². The van der Waals surface area contributed by atoms with Crippen molar-refractivity contribution in [1.82, 2.24) is 9.80 Å². The molecule has 2 atom stereocenters. The van der Waals surface area contributed by atoms with Gasteiger partial charge in [-0.2, -0.15) is 0 Å². The van der Waals surface area contributed by atoms with Gasteiger partial charge in [0, 0.05) is 61.8 Å². The second-order valence-corrected chi connectivity index (χ2v) is 8.76. The summed E-state index contributed by atoms with van der Waals surface area (Å²) >= 11 is 0. The summed E-state index contributed by atoms with van der Waals surface area (Å²) in [7, 11) is 1.71. The number of carbonyl (C=O) groups is 1. The van der Waals surface area contributed by atoms with Crippen LogP contribution in [0.25, 0.3) is 0 Å². The number of hydrogen-bond acceptors (Lipinski definition) is 4. The Hall–Kier alpha value is -2.79. The normalized spacial score (nSPS) is 18.9. The summed E-state index contributed by atoms with van der Waals surface area (Å²) in [5.41, 5.74) is 2.97. The van der Waals surface area contributed by atoms with Gasteiger partial charge in [-0.25, -0.2) is 0 Å². The van der Waals surface area contributed by atoms with Gasteiger partial charge in [0.2, 0.25) is 0 Å². The van der Waals surface area contributed by atoms with E-state index in [4.69, 9.17) is 4.74 Å². The lowest BCUT2D eigenvalue weighted by atomic mass is 9.91. The zero-order valence-corrected chi connectivity index (χ0v) is 20.8. The fourth-order valence-corrected chi connectivity index (χ4v) is 4.77. The Labute approximate surface area is 199 Å². The van der Waals surface area contributed by atoms with Gasteiger partial charge in [0.05, 0.1) is 7.11 Å². The number of amides is 1. The molecule has 1 saturated heterocycles. The van der Waals surface area contributed by atoms with Crippen molar-refractivity contribution in [2.45, 2.75) is 40.2 Å². The molecular weight excluding hydrogens is 410 g/mol. The predicted octanol–water partition coefficient (Wildman–Crippen LogP) is 5.60. The van der Waals surface area contributed by atoms with E-state index in [-0.39, 0.29) is 5.91 Å². The van der Waals surface area contributed by atoms with Gasteiger partial charge in [0.25, 0.3) is 5.91 Å². The van der Waals surface area contributed by atoms with Crippen molar-refractivity contribution in [3.8, 4) is 5.75 Å². The molecule has 178 valence electrons. The van der Waals surface area contributed by atoms with Crippen LogP contribution in [0.2, 0.25) is 0 Å². The minimum absolute atomic E-state index is 0.0881. The Morgan fingerprint density at radius 3 is 2.45 bits per heavy atom. The van der Waals surface area contributed by atoms with E-state index in [1.165, 1.54) is 0 Å². The lowest BCUT2D eigenvalue weighted by Crippen LogP contribution is -2.48. The van der Waals surface area contributed by atoms with E-state index in [9.17, 15) is 4.79 Å². The maximum absolute atomic E-state index is 12.8. The second-order valence-electron chi connectivity index (χ2n) is 8.76. The van der Waals surface area contributed by atoms with Crippen LogP contribution in [-0.4, -0.2) is 61.6 Å². The first-order valence-corrected chi connectivity index (χ1v) is 12.2. The van der Waals surface area contributed by atoms with Crippen LogP contribution in [0.5, 0.6) is 5.75 Å². The van der Waals surface area contributed by atoms with Gasteiger partial charge in [0.15, 0.2) is 0 Å². The van der Waals surface area contributed by atoms with Crippen LogP contribution in [0.15, 0.2) is 60.7 Å². The molecule has 33 heavy (non-hydrogen) atoms. The summed E-state index contributed by atoms with van der Waals surface area (Å²) in [5.74, 6) is 1.43. The number of allylic oxidation sites excluding steroid dienone is 1. The number of ether oxygens (including phenoxy) is 1. The number of nitrogens with zero attached hydrogens (tertiary/aromatic N) is 3. The van der Waals surface area contributed by atoms with Crippen molar-refractivity contribution in [3.05, 3.63) is 66.2 Å². The summed E-state index contributed by atoms with van der Waals surface area (Å²) < 4.78 is 5.53. The van der Waals surface area contributed by atoms with Crippen LogP contribution in [0.3, 0.4) is 0 Å². The third-order valence-corrected chi connectivity index (χ3v) is 6.65. The molecule has 1 amide bonds. The maximum Gasteiger partial charge on any atom is 0.253 e. The average Bonchev–Trinajstić information content (AvgIpc) is 2.85. The Kier molecular flexibility index (Phi) is 8.95. The molecule has 0 aromatic heterocycles. The van der Waals surface area contributed by atoms with Gasteiger partial charge in [-0.3, -0.25) is 9.69 Å². The molecule has 0 N–H and O–H groups in total. The Morgan fingerprint density at radius 1 is 1.12 bits per heavy atom.